The van der Waals surface area contributed by atoms with E-state index < -0.39 is 0 Å². The van der Waals surface area contributed by atoms with Gasteiger partial charge in [-0.15, -0.1) is 0 Å². The first-order chi connectivity index (χ1) is 12.9. The molecule has 27 heavy (non-hydrogen) atoms. The zero-order valence-electron chi connectivity index (χ0n) is 16.4. The van der Waals surface area contributed by atoms with E-state index in [9.17, 15) is 4.79 Å². The smallest absolute Gasteiger partial charge is 0.322 e. The van der Waals surface area contributed by atoms with E-state index in [2.05, 4.69) is 34.1 Å². The molecule has 146 valence electrons. The second kappa shape index (κ2) is 8.49. The van der Waals surface area contributed by atoms with Crippen LogP contribution in [-0.2, 0) is 4.74 Å². The molecular formula is C19H28N6O2. The fraction of sp³-hybridized carbons (Fsp3) is 0.526. The van der Waals surface area contributed by atoms with Gasteiger partial charge < -0.3 is 9.64 Å². The molecule has 2 aromatic rings. The number of hydrogen-bond donors (Lipinski definition) is 1. The Morgan fingerprint density at radius 1 is 1.30 bits per heavy atom. The Balaban J connectivity index is 1.57. The largest absolute Gasteiger partial charge is 0.373 e. The lowest BCUT2D eigenvalue weighted by atomic mass is 10.2. The summed E-state index contributed by atoms with van der Waals surface area (Å²) in [5.41, 5.74) is 1.08. The Hall–Kier alpha value is -2.45. The molecule has 3 heterocycles. The number of morpholine rings is 1. The monoisotopic (exact) mass is 372 g/mol. The van der Waals surface area contributed by atoms with Gasteiger partial charge in [0.2, 0.25) is 0 Å². The van der Waals surface area contributed by atoms with Gasteiger partial charge in [-0.2, -0.15) is 9.78 Å². The molecule has 0 unspecified atom stereocenters. The minimum Gasteiger partial charge on any atom is -0.373 e. The summed E-state index contributed by atoms with van der Waals surface area (Å²) >= 11 is 0. The van der Waals surface area contributed by atoms with E-state index in [-0.39, 0.29) is 18.2 Å². The van der Waals surface area contributed by atoms with Crippen molar-refractivity contribution in [2.45, 2.75) is 33.0 Å². The summed E-state index contributed by atoms with van der Waals surface area (Å²) in [7, 11) is 1.80. The number of rotatable bonds is 5. The highest BCUT2D eigenvalue weighted by Crippen LogP contribution is 2.14. The predicted octanol–water partition coefficient (Wildman–Crippen LogP) is 2.15. The molecule has 0 aliphatic carbocycles. The second-order valence-electron chi connectivity index (χ2n) is 7.19. The number of aryl methyl sites for hydroxylation is 1. The van der Waals surface area contributed by atoms with Crippen molar-refractivity contribution in [2.24, 2.45) is 0 Å². The quantitative estimate of drug-likeness (QED) is 0.870. The van der Waals surface area contributed by atoms with Gasteiger partial charge in [-0.1, -0.05) is 0 Å². The summed E-state index contributed by atoms with van der Waals surface area (Å²) in [5, 5.41) is 7.19. The van der Waals surface area contributed by atoms with Crippen LogP contribution in [0, 0.1) is 6.92 Å². The number of amides is 2. The molecule has 1 saturated heterocycles. The van der Waals surface area contributed by atoms with E-state index in [0.29, 0.717) is 18.2 Å². The molecular weight excluding hydrogens is 344 g/mol. The molecule has 0 spiro atoms. The highest BCUT2D eigenvalue weighted by atomic mass is 16.5. The van der Waals surface area contributed by atoms with Gasteiger partial charge in [0.15, 0.2) is 5.82 Å². The molecule has 0 radical (unpaired) electrons. The average molecular weight is 372 g/mol. The van der Waals surface area contributed by atoms with Crippen LogP contribution in [0.4, 0.5) is 10.6 Å². The number of nitrogens with one attached hydrogen (secondary N) is 1. The molecule has 3 rings (SSSR count). The molecule has 8 nitrogen and oxygen atoms in total. The van der Waals surface area contributed by atoms with Crippen LogP contribution in [0.2, 0.25) is 0 Å². The van der Waals surface area contributed by atoms with Crippen LogP contribution >= 0.6 is 0 Å². The minimum atomic E-state index is -0.168. The number of urea groups is 1. The number of likely N-dealkylation sites (N-methyl/N-ethyl adjacent to an activating group) is 1. The number of ether oxygens (including phenoxy) is 1. The van der Waals surface area contributed by atoms with Gasteiger partial charge in [-0.25, -0.2) is 9.78 Å². The number of anilines is 1. The van der Waals surface area contributed by atoms with Crippen molar-refractivity contribution in [3.05, 3.63) is 36.2 Å². The van der Waals surface area contributed by atoms with E-state index >= 15 is 0 Å². The van der Waals surface area contributed by atoms with Gasteiger partial charge in [0.25, 0.3) is 0 Å². The standard InChI is InChI=1S/C19H28N6O2/c1-14-5-7-20-18(11-14)25-17(6-8-21-25)22-19(26)23(4)9-10-24-12-15(2)27-16(3)13-24/h5-8,11,15-16H,9-10,12-13H2,1-4H3,(H,22,26)/t15-,16+. The van der Waals surface area contributed by atoms with E-state index in [4.69, 9.17) is 4.74 Å². The summed E-state index contributed by atoms with van der Waals surface area (Å²) in [6.45, 7) is 9.41. The van der Waals surface area contributed by atoms with Crippen molar-refractivity contribution >= 4 is 11.8 Å². The van der Waals surface area contributed by atoms with Crippen LogP contribution in [-0.4, -0.2) is 76.0 Å². The Morgan fingerprint density at radius 3 is 2.74 bits per heavy atom. The molecule has 1 N–H and O–H groups in total. The second-order valence-corrected chi connectivity index (χ2v) is 7.19. The van der Waals surface area contributed by atoms with Crippen LogP contribution in [0.3, 0.4) is 0 Å². The number of hydrogen-bond acceptors (Lipinski definition) is 5. The van der Waals surface area contributed by atoms with E-state index in [1.54, 1.807) is 35.1 Å². The molecule has 0 aromatic carbocycles. The number of carbonyl (C=O) groups excluding carboxylic acids is 1. The molecule has 0 saturated carbocycles. The topological polar surface area (TPSA) is 75.5 Å². The van der Waals surface area contributed by atoms with Crippen LogP contribution in [0.5, 0.6) is 0 Å². The number of nitrogens with zero attached hydrogens (tertiary/aromatic N) is 5. The molecule has 1 aliphatic heterocycles. The Bertz CT molecular complexity index is 767. The average Bonchev–Trinajstić information content (AvgIpc) is 3.07. The van der Waals surface area contributed by atoms with E-state index in [1.807, 2.05) is 19.1 Å². The lowest BCUT2D eigenvalue weighted by Crippen LogP contribution is -2.48. The lowest BCUT2D eigenvalue weighted by Gasteiger charge is -2.36. The van der Waals surface area contributed by atoms with Gasteiger partial charge in [-0.3, -0.25) is 10.2 Å². The SMILES string of the molecule is Cc1ccnc(-n2nccc2NC(=O)N(C)CCN2C[C@@H](C)O[C@@H](C)C2)c1. The summed E-state index contributed by atoms with van der Waals surface area (Å²) < 4.78 is 7.38. The fourth-order valence-corrected chi connectivity index (χ4v) is 3.28. The summed E-state index contributed by atoms with van der Waals surface area (Å²) in [6.07, 6.45) is 3.83. The van der Waals surface area contributed by atoms with Gasteiger partial charge in [0.1, 0.15) is 5.82 Å². The maximum atomic E-state index is 12.6. The molecule has 1 aliphatic rings. The van der Waals surface area contributed by atoms with Gasteiger partial charge >= 0.3 is 6.03 Å². The van der Waals surface area contributed by atoms with Crippen molar-refractivity contribution < 1.29 is 9.53 Å². The molecule has 2 atom stereocenters. The third kappa shape index (κ3) is 5.05. The summed E-state index contributed by atoms with van der Waals surface area (Å²) in [4.78, 5) is 20.9. The molecule has 0 bridgehead atoms. The molecule has 8 heteroatoms. The van der Waals surface area contributed by atoms with Crippen molar-refractivity contribution in [3.8, 4) is 5.82 Å². The third-order valence-corrected chi connectivity index (χ3v) is 4.59. The summed E-state index contributed by atoms with van der Waals surface area (Å²) in [6, 6.07) is 5.44. The molecule has 2 aromatic heterocycles. The highest BCUT2D eigenvalue weighted by Gasteiger charge is 2.22. The van der Waals surface area contributed by atoms with Crippen LogP contribution in [0.1, 0.15) is 19.4 Å². The zero-order chi connectivity index (χ0) is 19.4. The predicted molar refractivity (Wildman–Crippen MR) is 104 cm³/mol. The Labute approximate surface area is 160 Å². The number of pyridine rings is 1. The zero-order valence-corrected chi connectivity index (χ0v) is 16.4. The fourth-order valence-electron chi connectivity index (χ4n) is 3.28. The Kier molecular flexibility index (Phi) is 6.08. The molecule has 1 fully saturated rings. The van der Waals surface area contributed by atoms with Gasteiger partial charge in [0, 0.05) is 45.5 Å². The van der Waals surface area contributed by atoms with E-state index in [0.717, 1.165) is 25.2 Å². The van der Waals surface area contributed by atoms with Crippen LogP contribution in [0.15, 0.2) is 30.6 Å². The molecule has 2 amide bonds. The van der Waals surface area contributed by atoms with Crippen LogP contribution < -0.4 is 5.32 Å². The van der Waals surface area contributed by atoms with Crippen LogP contribution in [0.25, 0.3) is 5.82 Å². The van der Waals surface area contributed by atoms with Crippen molar-refractivity contribution in [1.29, 1.82) is 0 Å². The first-order valence-corrected chi connectivity index (χ1v) is 9.29. The Morgan fingerprint density at radius 2 is 2.04 bits per heavy atom. The van der Waals surface area contributed by atoms with Gasteiger partial charge in [-0.05, 0) is 38.5 Å². The third-order valence-electron chi connectivity index (χ3n) is 4.59. The van der Waals surface area contributed by atoms with Crippen molar-refractivity contribution in [3.63, 3.8) is 0 Å². The minimum absolute atomic E-state index is 0.168. The maximum absolute atomic E-state index is 12.6. The van der Waals surface area contributed by atoms with Crippen molar-refractivity contribution in [2.75, 3.05) is 38.5 Å². The van der Waals surface area contributed by atoms with Gasteiger partial charge in [0.05, 0.1) is 18.4 Å². The first kappa shape index (κ1) is 19.3. The lowest BCUT2D eigenvalue weighted by molar-refractivity contribution is -0.0684. The van der Waals surface area contributed by atoms with Crippen molar-refractivity contribution in [1.82, 2.24) is 24.6 Å². The van der Waals surface area contributed by atoms with E-state index in [1.165, 1.54) is 0 Å². The number of carbonyl (C=O) groups is 1. The summed E-state index contributed by atoms with van der Waals surface area (Å²) in [5.74, 6) is 1.27. The highest BCUT2D eigenvalue weighted by molar-refractivity contribution is 5.88. The number of aromatic nitrogens is 3. The first-order valence-electron chi connectivity index (χ1n) is 9.29. The normalized spacial score (nSPS) is 20.4. The maximum Gasteiger partial charge on any atom is 0.322 e.